The number of nitrogens with zero attached hydrogens (tertiary/aromatic N) is 5. The Labute approximate surface area is 263 Å². The van der Waals surface area contributed by atoms with Crippen LogP contribution in [0, 0.1) is 17.8 Å². The summed E-state index contributed by atoms with van der Waals surface area (Å²) >= 11 is 0. The molecule has 3 saturated carbocycles. The van der Waals surface area contributed by atoms with Gasteiger partial charge >= 0.3 is 0 Å². The lowest BCUT2D eigenvalue weighted by molar-refractivity contribution is -0.210. The van der Waals surface area contributed by atoms with E-state index in [2.05, 4.69) is 37.9 Å². The number of rotatable bonds is 7. The highest BCUT2D eigenvalue weighted by atomic mass is 16.5. The molecule has 10 atom stereocenters. The van der Waals surface area contributed by atoms with Gasteiger partial charge in [0.05, 0.1) is 35.6 Å². The topological polar surface area (TPSA) is 78.9 Å². The highest BCUT2D eigenvalue weighted by Gasteiger charge is 2.58. The van der Waals surface area contributed by atoms with Gasteiger partial charge in [0.25, 0.3) is 0 Å². The molecular formula is C36H51N5O3. The second-order valence-corrected chi connectivity index (χ2v) is 15.3. The lowest BCUT2D eigenvalue weighted by atomic mass is 9.65. The molecular weight excluding hydrogens is 550 g/mol. The van der Waals surface area contributed by atoms with Crippen molar-refractivity contribution in [1.29, 1.82) is 0 Å². The molecule has 0 amide bonds. The number of Topliss-reactive ketones (excluding diaryl/α,β-unsaturated/α-hetero) is 2. The first-order valence-corrected chi connectivity index (χ1v) is 18.0. The quantitative estimate of drug-likeness (QED) is 0.415. The van der Waals surface area contributed by atoms with Crippen LogP contribution >= 0.6 is 0 Å². The molecule has 3 aliphatic carbocycles. The highest BCUT2D eigenvalue weighted by Crippen LogP contribution is 2.51. The molecule has 3 saturated heterocycles. The van der Waals surface area contributed by atoms with Crippen LogP contribution in [0.15, 0.2) is 30.4 Å². The van der Waals surface area contributed by atoms with E-state index in [9.17, 15) is 9.59 Å². The van der Waals surface area contributed by atoms with Crippen molar-refractivity contribution >= 4 is 11.6 Å². The van der Waals surface area contributed by atoms with Crippen molar-refractivity contribution in [2.75, 3.05) is 26.7 Å². The molecule has 7 aliphatic rings. The van der Waals surface area contributed by atoms with Crippen molar-refractivity contribution in [2.45, 2.75) is 132 Å². The predicted molar refractivity (Wildman–Crippen MR) is 168 cm³/mol. The highest BCUT2D eigenvalue weighted by molar-refractivity contribution is 6.21. The lowest BCUT2D eigenvalue weighted by Crippen LogP contribution is -2.71. The zero-order valence-electron chi connectivity index (χ0n) is 26.6. The summed E-state index contributed by atoms with van der Waals surface area (Å²) in [4.78, 5) is 44.5. The Morgan fingerprint density at radius 2 is 1.84 bits per heavy atom. The Bertz CT molecular complexity index is 1260. The fourth-order valence-corrected chi connectivity index (χ4v) is 10.7. The van der Waals surface area contributed by atoms with Crippen molar-refractivity contribution in [3.63, 3.8) is 0 Å². The first kappa shape index (κ1) is 29.3. The van der Waals surface area contributed by atoms with Gasteiger partial charge in [-0.05, 0) is 89.8 Å². The third kappa shape index (κ3) is 5.27. The van der Waals surface area contributed by atoms with Crippen LogP contribution in [0.4, 0.5) is 0 Å². The summed E-state index contributed by atoms with van der Waals surface area (Å²) < 4.78 is 7.24. The molecule has 0 radical (unpaired) electrons. The minimum absolute atomic E-state index is 0.00510. The van der Waals surface area contributed by atoms with Crippen molar-refractivity contribution < 1.29 is 14.3 Å². The number of ether oxygens (including phenoxy) is 1. The number of hydrogen-bond acceptors (Lipinski definition) is 8. The third-order valence-corrected chi connectivity index (χ3v) is 13.0. The van der Waals surface area contributed by atoms with Crippen LogP contribution in [-0.2, 0) is 14.3 Å². The van der Waals surface area contributed by atoms with E-state index in [4.69, 9.17) is 4.74 Å². The summed E-state index contributed by atoms with van der Waals surface area (Å²) in [6, 6.07) is 1.21. The number of morpholine rings is 1. The summed E-state index contributed by atoms with van der Waals surface area (Å²) in [6.45, 7) is 3.17. The maximum absolute atomic E-state index is 14.1. The zero-order chi connectivity index (χ0) is 29.8. The van der Waals surface area contributed by atoms with Crippen LogP contribution in [0.5, 0.6) is 0 Å². The van der Waals surface area contributed by atoms with Crippen LogP contribution in [-0.4, -0.2) is 99.3 Å². The Morgan fingerprint density at radius 1 is 0.977 bits per heavy atom. The molecule has 0 spiro atoms. The van der Waals surface area contributed by atoms with E-state index in [1.54, 1.807) is 12.4 Å². The minimum Gasteiger partial charge on any atom is -0.369 e. The zero-order valence-corrected chi connectivity index (χ0v) is 26.6. The molecule has 8 rings (SSSR count). The van der Waals surface area contributed by atoms with Gasteiger partial charge in [-0.15, -0.1) is 0 Å². The van der Waals surface area contributed by atoms with Gasteiger partial charge < -0.3 is 14.5 Å². The summed E-state index contributed by atoms with van der Waals surface area (Å²) in [5, 5.41) is 0. The molecule has 1 aromatic heterocycles. The van der Waals surface area contributed by atoms with E-state index >= 15 is 0 Å². The molecule has 0 aromatic carbocycles. The van der Waals surface area contributed by atoms with Crippen LogP contribution in [0.25, 0.3) is 0 Å². The summed E-state index contributed by atoms with van der Waals surface area (Å²) in [5.74, 6) is 1.95. The van der Waals surface area contributed by atoms with Gasteiger partial charge in [0.15, 0.2) is 11.6 Å². The number of hydrogen-bond donors (Lipinski definition) is 0. The van der Waals surface area contributed by atoms with Gasteiger partial charge in [-0.3, -0.25) is 24.5 Å². The second-order valence-electron chi connectivity index (χ2n) is 15.3. The van der Waals surface area contributed by atoms with Gasteiger partial charge in [0.1, 0.15) is 0 Å². The van der Waals surface area contributed by atoms with E-state index in [0.717, 1.165) is 82.1 Å². The van der Waals surface area contributed by atoms with E-state index in [1.165, 1.54) is 38.5 Å². The van der Waals surface area contributed by atoms with Gasteiger partial charge in [0.2, 0.25) is 0 Å². The normalized spacial score (nSPS) is 40.7. The number of carbonyl (C=O) groups is 2. The Morgan fingerprint density at radius 3 is 2.64 bits per heavy atom. The maximum Gasteiger partial charge on any atom is 0.173 e. The minimum atomic E-state index is -0.135. The van der Waals surface area contributed by atoms with Gasteiger partial charge in [-0.25, -0.2) is 0 Å². The van der Waals surface area contributed by atoms with Crippen molar-refractivity contribution in [3.8, 4) is 0 Å². The molecule has 1 aromatic rings. The van der Waals surface area contributed by atoms with Gasteiger partial charge in [0, 0.05) is 61.7 Å². The van der Waals surface area contributed by atoms with Crippen molar-refractivity contribution in [1.82, 2.24) is 24.7 Å². The maximum atomic E-state index is 14.1. The molecule has 4 aliphatic heterocycles. The smallest absolute Gasteiger partial charge is 0.173 e. The van der Waals surface area contributed by atoms with E-state index in [-0.39, 0.29) is 41.8 Å². The van der Waals surface area contributed by atoms with Gasteiger partial charge in [-0.1, -0.05) is 25.7 Å². The number of likely N-dealkylation sites (tertiary alicyclic amines) is 2. The standard InChI is InChI=1S/C36H51N5O3/c1-39-16-5-9-26(39)8-4-10-32(42)28-22-41-31-18-23-6-2-3-7-24(23)19-33(31)44-36-30(12-11-27(34(36)41)35(28)43)40-17-13-25(21-40)29-20-37-14-15-38-29/h14-15,20,22-27,30-31,33-34,36H,2-13,16-19,21H2,1H3/t23?,24?,25-,26+,27?,30?,31?,33?,34?,36?/m0/s1. The summed E-state index contributed by atoms with van der Waals surface area (Å²) in [7, 11) is 2.20. The number of carbonyl (C=O) groups excluding carboxylic acids is 2. The fourth-order valence-electron chi connectivity index (χ4n) is 10.7. The van der Waals surface area contributed by atoms with Crippen LogP contribution in [0.2, 0.25) is 0 Å². The molecule has 238 valence electrons. The molecule has 8 unspecified atom stereocenters. The number of allylic oxidation sites excluding steroid dienone is 1. The Kier molecular flexibility index (Phi) is 8.12. The monoisotopic (exact) mass is 601 g/mol. The number of aromatic nitrogens is 2. The Balaban J connectivity index is 1.05. The second kappa shape index (κ2) is 12.2. The first-order valence-electron chi connectivity index (χ1n) is 18.0. The third-order valence-electron chi connectivity index (χ3n) is 13.0. The number of ketones is 2. The molecule has 8 nitrogen and oxygen atoms in total. The summed E-state index contributed by atoms with van der Waals surface area (Å²) in [6.07, 6.45) is 23.2. The molecule has 5 heterocycles. The average molecular weight is 602 g/mol. The summed E-state index contributed by atoms with van der Waals surface area (Å²) in [5.41, 5.74) is 1.59. The van der Waals surface area contributed by atoms with Gasteiger partial charge in [-0.2, -0.15) is 0 Å². The number of fused-ring (bicyclic) bond motifs is 3. The van der Waals surface area contributed by atoms with Crippen LogP contribution in [0.3, 0.4) is 0 Å². The molecule has 0 N–H and O–H groups in total. The molecule has 6 fully saturated rings. The average Bonchev–Trinajstić information content (AvgIpc) is 3.71. The predicted octanol–water partition coefficient (Wildman–Crippen LogP) is 4.75. The first-order chi connectivity index (χ1) is 21.5. The molecule has 44 heavy (non-hydrogen) atoms. The molecule has 0 bridgehead atoms. The Hall–Kier alpha value is -2.16. The lowest BCUT2D eigenvalue weighted by Gasteiger charge is -2.61. The van der Waals surface area contributed by atoms with E-state index in [0.29, 0.717) is 30.0 Å². The van der Waals surface area contributed by atoms with Crippen LogP contribution in [0.1, 0.15) is 102 Å². The molecule has 8 heteroatoms. The van der Waals surface area contributed by atoms with E-state index < -0.39 is 0 Å². The SMILES string of the molecule is CN1CCC[C@H]1CCCC(=O)C1=CN2C3CC4CCCCC4CC3OC3C(N4CC[C@H](c5cnccn5)C4)CCC(C1=O)C32. The van der Waals surface area contributed by atoms with Crippen molar-refractivity contribution in [2.24, 2.45) is 17.8 Å². The van der Waals surface area contributed by atoms with E-state index in [1.807, 2.05) is 6.20 Å². The fraction of sp³-hybridized carbons (Fsp3) is 0.778. The van der Waals surface area contributed by atoms with Crippen LogP contribution < -0.4 is 0 Å². The van der Waals surface area contributed by atoms with Crippen molar-refractivity contribution in [3.05, 3.63) is 36.1 Å². The largest absolute Gasteiger partial charge is 0.369 e.